The SMILES string of the molecule is C=CC1(C)OC(C#N)(C#N)C(C#N)C1C. The Morgan fingerprint density at radius 3 is 2.13 bits per heavy atom. The second-order valence-electron chi connectivity index (χ2n) is 3.84. The third-order valence-electron chi connectivity index (χ3n) is 3.10. The van der Waals surface area contributed by atoms with Crippen molar-refractivity contribution in [2.24, 2.45) is 11.8 Å². The standard InChI is InChI=1S/C11H11N3O/c1-4-10(3)8(2)9(5-12)11(6-13,7-14)15-10/h4,8-9H,1H2,2-3H3. The van der Waals surface area contributed by atoms with Crippen molar-refractivity contribution in [1.29, 1.82) is 15.8 Å². The van der Waals surface area contributed by atoms with E-state index in [4.69, 9.17) is 20.5 Å². The van der Waals surface area contributed by atoms with E-state index in [1.165, 1.54) is 0 Å². The third-order valence-corrected chi connectivity index (χ3v) is 3.10. The highest BCUT2D eigenvalue weighted by atomic mass is 16.5. The van der Waals surface area contributed by atoms with E-state index >= 15 is 0 Å². The van der Waals surface area contributed by atoms with Crippen LogP contribution < -0.4 is 0 Å². The topological polar surface area (TPSA) is 80.6 Å². The van der Waals surface area contributed by atoms with E-state index in [0.29, 0.717) is 0 Å². The summed E-state index contributed by atoms with van der Waals surface area (Å²) >= 11 is 0. The Labute approximate surface area is 89.0 Å². The van der Waals surface area contributed by atoms with Crippen molar-refractivity contribution < 1.29 is 4.74 Å². The molecular weight excluding hydrogens is 190 g/mol. The zero-order valence-corrected chi connectivity index (χ0v) is 8.69. The van der Waals surface area contributed by atoms with Crippen molar-refractivity contribution in [2.45, 2.75) is 25.0 Å². The van der Waals surface area contributed by atoms with Gasteiger partial charge >= 0.3 is 0 Å². The molecule has 4 heteroatoms. The van der Waals surface area contributed by atoms with E-state index < -0.39 is 17.1 Å². The zero-order valence-electron chi connectivity index (χ0n) is 8.69. The Bertz CT molecular complexity index is 395. The Morgan fingerprint density at radius 1 is 1.33 bits per heavy atom. The molecule has 3 unspecified atom stereocenters. The molecule has 0 aromatic heterocycles. The molecule has 1 rings (SSSR count). The van der Waals surface area contributed by atoms with Gasteiger partial charge in [0.15, 0.2) is 0 Å². The van der Waals surface area contributed by atoms with Crippen LogP contribution in [-0.2, 0) is 4.74 Å². The minimum absolute atomic E-state index is 0.237. The van der Waals surface area contributed by atoms with Crippen LogP contribution in [0.2, 0.25) is 0 Å². The summed E-state index contributed by atoms with van der Waals surface area (Å²) < 4.78 is 5.44. The van der Waals surface area contributed by atoms with Crippen molar-refractivity contribution in [3.05, 3.63) is 12.7 Å². The second-order valence-corrected chi connectivity index (χ2v) is 3.84. The van der Waals surface area contributed by atoms with Gasteiger partial charge in [0.25, 0.3) is 5.60 Å². The second kappa shape index (κ2) is 3.39. The average molecular weight is 201 g/mol. The lowest BCUT2D eigenvalue weighted by Crippen LogP contribution is -2.33. The van der Waals surface area contributed by atoms with E-state index in [1.54, 1.807) is 32.1 Å². The Kier molecular flexibility index (Phi) is 2.54. The monoisotopic (exact) mass is 201 g/mol. The third kappa shape index (κ3) is 1.30. The van der Waals surface area contributed by atoms with Gasteiger partial charge in [0.1, 0.15) is 18.1 Å². The molecule has 0 amide bonds. The largest absolute Gasteiger partial charge is 0.336 e. The molecule has 0 radical (unpaired) electrons. The summed E-state index contributed by atoms with van der Waals surface area (Å²) in [5.74, 6) is -0.991. The molecule has 0 aliphatic carbocycles. The van der Waals surface area contributed by atoms with Crippen LogP contribution in [0.3, 0.4) is 0 Å². The highest BCUT2D eigenvalue weighted by Gasteiger charge is 2.59. The highest BCUT2D eigenvalue weighted by Crippen LogP contribution is 2.46. The first-order chi connectivity index (χ1) is 6.99. The van der Waals surface area contributed by atoms with Gasteiger partial charge in [0.2, 0.25) is 0 Å². The summed E-state index contributed by atoms with van der Waals surface area (Å²) in [7, 11) is 0. The van der Waals surface area contributed by atoms with Gasteiger partial charge in [-0.3, -0.25) is 0 Å². The van der Waals surface area contributed by atoms with E-state index in [2.05, 4.69) is 6.58 Å². The van der Waals surface area contributed by atoms with Gasteiger partial charge in [-0.1, -0.05) is 13.0 Å². The fraction of sp³-hybridized carbons (Fsp3) is 0.545. The number of nitriles is 3. The lowest BCUT2D eigenvalue weighted by atomic mass is 9.78. The van der Waals surface area contributed by atoms with Crippen LogP contribution in [0.5, 0.6) is 0 Å². The zero-order chi connectivity index (χ0) is 11.7. The summed E-state index contributed by atoms with van der Waals surface area (Å²) in [5.41, 5.74) is -2.47. The summed E-state index contributed by atoms with van der Waals surface area (Å²) in [4.78, 5) is 0. The first-order valence-electron chi connectivity index (χ1n) is 4.55. The molecule has 4 nitrogen and oxygen atoms in total. The number of rotatable bonds is 1. The molecule has 1 saturated heterocycles. The van der Waals surface area contributed by atoms with Crippen LogP contribution in [-0.4, -0.2) is 11.2 Å². The minimum Gasteiger partial charge on any atom is -0.336 e. The van der Waals surface area contributed by atoms with Crippen LogP contribution in [0.15, 0.2) is 12.7 Å². The van der Waals surface area contributed by atoms with Crippen molar-refractivity contribution in [2.75, 3.05) is 0 Å². The lowest BCUT2D eigenvalue weighted by Gasteiger charge is -2.24. The molecule has 0 aromatic rings. The lowest BCUT2D eigenvalue weighted by molar-refractivity contribution is -0.0194. The maximum atomic E-state index is 9.00. The quantitative estimate of drug-likeness (QED) is 0.602. The molecule has 76 valence electrons. The van der Waals surface area contributed by atoms with Crippen molar-refractivity contribution >= 4 is 0 Å². The van der Waals surface area contributed by atoms with E-state index in [1.807, 2.05) is 6.07 Å². The van der Waals surface area contributed by atoms with Crippen molar-refractivity contribution in [3.8, 4) is 18.2 Å². The summed E-state index contributed by atoms with van der Waals surface area (Å²) in [6.45, 7) is 7.13. The van der Waals surface area contributed by atoms with Gasteiger partial charge in [-0.15, -0.1) is 6.58 Å². The number of ether oxygens (including phenoxy) is 1. The number of hydrogen-bond acceptors (Lipinski definition) is 4. The van der Waals surface area contributed by atoms with Crippen molar-refractivity contribution in [3.63, 3.8) is 0 Å². The first kappa shape index (κ1) is 11.2. The van der Waals surface area contributed by atoms with Crippen LogP contribution in [0.25, 0.3) is 0 Å². The number of hydrogen-bond donors (Lipinski definition) is 0. The summed E-state index contributed by atoms with van der Waals surface area (Å²) in [6.07, 6.45) is 1.54. The first-order valence-corrected chi connectivity index (χ1v) is 4.55. The van der Waals surface area contributed by atoms with E-state index in [0.717, 1.165) is 0 Å². The molecule has 1 aliphatic rings. The highest BCUT2D eigenvalue weighted by molar-refractivity contribution is 5.32. The van der Waals surface area contributed by atoms with Gasteiger partial charge in [-0.2, -0.15) is 15.8 Å². The molecule has 0 spiro atoms. The predicted molar refractivity (Wildman–Crippen MR) is 51.9 cm³/mol. The minimum atomic E-state index is -1.67. The van der Waals surface area contributed by atoms with Crippen LogP contribution in [0.4, 0.5) is 0 Å². The van der Waals surface area contributed by atoms with Crippen molar-refractivity contribution in [1.82, 2.24) is 0 Å². The Balaban J connectivity index is 3.30. The normalized spacial score (nSPS) is 37.3. The average Bonchev–Trinajstić information content (AvgIpc) is 2.49. The van der Waals surface area contributed by atoms with E-state index in [9.17, 15) is 0 Å². The smallest absolute Gasteiger partial charge is 0.258 e. The number of nitrogens with zero attached hydrogens (tertiary/aromatic N) is 3. The molecule has 0 aromatic carbocycles. The molecule has 15 heavy (non-hydrogen) atoms. The van der Waals surface area contributed by atoms with Gasteiger partial charge in [0.05, 0.1) is 11.7 Å². The predicted octanol–water partition coefficient (Wildman–Crippen LogP) is 1.52. The van der Waals surface area contributed by atoms with Gasteiger partial charge < -0.3 is 4.74 Å². The fourth-order valence-corrected chi connectivity index (χ4v) is 1.83. The molecule has 1 heterocycles. The van der Waals surface area contributed by atoms with Crippen LogP contribution >= 0.6 is 0 Å². The summed E-state index contributed by atoms with van der Waals surface area (Å²) in [6, 6.07) is 5.57. The molecule has 1 fully saturated rings. The van der Waals surface area contributed by atoms with Gasteiger partial charge in [0, 0.05) is 5.92 Å². The van der Waals surface area contributed by atoms with Crippen LogP contribution in [0.1, 0.15) is 13.8 Å². The Morgan fingerprint density at radius 2 is 1.87 bits per heavy atom. The molecule has 0 saturated carbocycles. The summed E-state index contributed by atoms with van der Waals surface area (Å²) in [5, 5.41) is 27.0. The van der Waals surface area contributed by atoms with Gasteiger partial charge in [-0.05, 0) is 6.92 Å². The Hall–Kier alpha value is -1.83. The molecule has 0 N–H and O–H groups in total. The fourth-order valence-electron chi connectivity index (χ4n) is 1.83. The maximum Gasteiger partial charge on any atom is 0.258 e. The molecule has 1 aliphatic heterocycles. The van der Waals surface area contributed by atoms with Crippen LogP contribution in [0, 0.1) is 45.8 Å². The molecule has 3 atom stereocenters. The molecular formula is C11H11N3O. The maximum absolute atomic E-state index is 9.00. The molecule has 0 bridgehead atoms. The van der Waals surface area contributed by atoms with E-state index in [-0.39, 0.29) is 5.92 Å². The van der Waals surface area contributed by atoms with Gasteiger partial charge in [-0.25, -0.2) is 0 Å².